The van der Waals surface area contributed by atoms with E-state index in [9.17, 15) is 18.3 Å². The molecule has 12 heteroatoms. The number of rotatable bonds is 9. The van der Waals surface area contributed by atoms with E-state index in [4.69, 9.17) is 9.88 Å². The molecule has 0 spiro atoms. The molecule has 1 aliphatic heterocycles. The van der Waals surface area contributed by atoms with Crippen molar-refractivity contribution in [3.63, 3.8) is 0 Å². The van der Waals surface area contributed by atoms with Gasteiger partial charge in [-0.3, -0.25) is 8.98 Å². The summed E-state index contributed by atoms with van der Waals surface area (Å²) in [7, 11) is -4.09. The summed E-state index contributed by atoms with van der Waals surface area (Å²) in [6.45, 7) is 2.45. The van der Waals surface area contributed by atoms with Crippen molar-refractivity contribution >= 4 is 33.2 Å². The summed E-state index contributed by atoms with van der Waals surface area (Å²) in [5.74, 6) is -0.270. The molecular formula is C26H30N4O6S2. The van der Waals surface area contributed by atoms with Crippen molar-refractivity contribution in [1.29, 1.82) is 0 Å². The molecule has 3 aromatic rings. The molecule has 38 heavy (non-hydrogen) atoms. The predicted molar refractivity (Wildman–Crippen MR) is 142 cm³/mol. The lowest BCUT2D eigenvalue weighted by molar-refractivity contribution is 0.0358. The molecule has 1 saturated carbocycles. The number of ketones is 1. The number of nitrogens with two attached hydrogens (primary N) is 1. The van der Waals surface area contributed by atoms with Crippen LogP contribution in [0.15, 0.2) is 48.9 Å². The second-order valence-corrected chi connectivity index (χ2v) is 12.2. The monoisotopic (exact) mass is 558 g/mol. The van der Waals surface area contributed by atoms with Crippen LogP contribution < -0.4 is 10.5 Å². The normalized spacial score (nSPS) is 25.5. The number of carbonyl (C=O) groups is 1. The third kappa shape index (κ3) is 5.51. The lowest BCUT2D eigenvalue weighted by Gasteiger charge is -2.29. The second-order valence-electron chi connectivity index (χ2n) is 9.76. The molecule has 1 saturated heterocycles. The van der Waals surface area contributed by atoms with Crippen LogP contribution in [0.2, 0.25) is 0 Å². The number of benzene rings is 1. The summed E-state index contributed by atoms with van der Waals surface area (Å²) in [5, 5.41) is 18.5. The summed E-state index contributed by atoms with van der Waals surface area (Å²) in [4.78, 5) is 23.7. The molecule has 0 radical (unpaired) electrons. The quantitative estimate of drug-likeness (QED) is 0.336. The molecule has 202 valence electrons. The summed E-state index contributed by atoms with van der Waals surface area (Å²) in [6, 6.07) is 11.8. The highest BCUT2D eigenvalue weighted by atomic mass is 32.2. The number of aryl methyl sites for hydroxylation is 1. The SMILES string of the molecule is Cc1sc(C(=O)c2cncnc2N[C@@H]2CC(COS(N)(=O)=O)[C@@H](O)C2)cc1C1(c2ccccc2)CCCO1. The van der Waals surface area contributed by atoms with E-state index < -0.39 is 27.9 Å². The lowest BCUT2D eigenvalue weighted by Crippen LogP contribution is -2.26. The minimum atomic E-state index is -4.09. The molecule has 10 nitrogen and oxygen atoms in total. The smallest absolute Gasteiger partial charge is 0.333 e. The van der Waals surface area contributed by atoms with Crippen LogP contribution in [-0.4, -0.2) is 54.6 Å². The van der Waals surface area contributed by atoms with Crippen LogP contribution in [0.5, 0.6) is 0 Å². The van der Waals surface area contributed by atoms with Crippen molar-refractivity contribution in [2.75, 3.05) is 18.5 Å². The molecular weight excluding hydrogens is 528 g/mol. The molecule has 4 N–H and O–H groups in total. The van der Waals surface area contributed by atoms with Crippen molar-refractivity contribution in [3.8, 4) is 0 Å². The molecule has 1 aromatic carbocycles. The average Bonchev–Trinajstić information content (AvgIpc) is 3.62. The van der Waals surface area contributed by atoms with Gasteiger partial charge in [-0.2, -0.15) is 8.42 Å². The maximum absolute atomic E-state index is 13.7. The maximum Gasteiger partial charge on any atom is 0.333 e. The zero-order valence-corrected chi connectivity index (χ0v) is 22.5. The van der Waals surface area contributed by atoms with Gasteiger partial charge >= 0.3 is 10.3 Å². The van der Waals surface area contributed by atoms with Crippen LogP contribution in [0.1, 0.15) is 56.9 Å². The first-order chi connectivity index (χ1) is 18.2. The van der Waals surface area contributed by atoms with Crippen LogP contribution in [0.3, 0.4) is 0 Å². The fourth-order valence-corrected chi connectivity index (χ4v) is 6.86. The first-order valence-corrected chi connectivity index (χ1v) is 14.7. The van der Waals surface area contributed by atoms with Crippen LogP contribution in [-0.2, 0) is 24.8 Å². The number of hydrogen-bond acceptors (Lipinski definition) is 10. The van der Waals surface area contributed by atoms with Gasteiger partial charge in [0, 0.05) is 35.2 Å². The van der Waals surface area contributed by atoms with Gasteiger partial charge in [-0.1, -0.05) is 30.3 Å². The Hall–Kier alpha value is -2.74. The number of aromatic nitrogens is 2. The zero-order chi connectivity index (χ0) is 26.9. The Morgan fingerprint density at radius 2 is 2.11 bits per heavy atom. The van der Waals surface area contributed by atoms with E-state index in [0.717, 1.165) is 28.8 Å². The van der Waals surface area contributed by atoms with Crippen molar-refractivity contribution in [2.24, 2.45) is 11.1 Å². The molecule has 4 atom stereocenters. The maximum atomic E-state index is 13.7. The van der Waals surface area contributed by atoms with E-state index in [-0.39, 0.29) is 18.4 Å². The number of anilines is 1. The van der Waals surface area contributed by atoms with Crippen molar-refractivity contribution in [1.82, 2.24) is 9.97 Å². The van der Waals surface area contributed by atoms with Crippen LogP contribution in [0.25, 0.3) is 0 Å². The van der Waals surface area contributed by atoms with Crippen molar-refractivity contribution in [3.05, 3.63) is 75.4 Å². The van der Waals surface area contributed by atoms with Gasteiger partial charge in [-0.05, 0) is 44.2 Å². The van der Waals surface area contributed by atoms with Crippen molar-refractivity contribution < 1.29 is 27.2 Å². The largest absolute Gasteiger partial charge is 0.393 e. The number of aliphatic hydroxyl groups excluding tert-OH is 1. The highest BCUT2D eigenvalue weighted by Gasteiger charge is 2.41. The number of nitrogens with zero attached hydrogens (tertiary/aromatic N) is 2. The fourth-order valence-electron chi connectivity index (χ4n) is 5.46. The summed E-state index contributed by atoms with van der Waals surface area (Å²) < 4.78 is 33.3. The number of carbonyl (C=O) groups excluding carboxylic acids is 1. The molecule has 2 fully saturated rings. The lowest BCUT2D eigenvalue weighted by atomic mass is 9.84. The van der Waals surface area contributed by atoms with Gasteiger partial charge in [-0.15, -0.1) is 11.3 Å². The molecule has 2 unspecified atom stereocenters. The van der Waals surface area contributed by atoms with E-state index in [1.165, 1.54) is 23.9 Å². The van der Waals surface area contributed by atoms with Crippen LogP contribution in [0, 0.1) is 12.8 Å². The zero-order valence-electron chi connectivity index (χ0n) is 20.9. The van der Waals surface area contributed by atoms with E-state index in [1.807, 2.05) is 31.2 Å². The molecule has 0 bridgehead atoms. The molecule has 1 aliphatic carbocycles. The van der Waals surface area contributed by atoms with E-state index in [0.29, 0.717) is 35.7 Å². The molecule has 3 heterocycles. The van der Waals surface area contributed by atoms with Gasteiger partial charge in [0.2, 0.25) is 5.78 Å². The molecule has 0 amide bonds. The Morgan fingerprint density at radius 3 is 2.82 bits per heavy atom. The standard InChI is InChI=1S/C26H30N4O6S2/c1-16-21(26(8-5-9-35-26)18-6-3-2-4-7-18)12-23(37-16)24(32)20-13-28-15-29-25(20)30-19-10-17(22(31)11-19)14-36-38(27,33)34/h2-4,6-7,12-13,15,17,19,22,31H,5,8-11,14H2,1H3,(H2,27,33,34)(H,28,29,30)/t17?,19-,22+,26?/m1/s1. The Kier molecular flexibility index (Phi) is 7.63. The van der Waals surface area contributed by atoms with E-state index >= 15 is 0 Å². The third-order valence-electron chi connectivity index (χ3n) is 7.24. The predicted octanol–water partition coefficient (Wildman–Crippen LogP) is 2.90. The van der Waals surface area contributed by atoms with Gasteiger partial charge < -0.3 is 15.2 Å². The molecule has 2 aromatic heterocycles. The minimum Gasteiger partial charge on any atom is -0.393 e. The summed E-state index contributed by atoms with van der Waals surface area (Å²) >= 11 is 1.42. The van der Waals surface area contributed by atoms with Gasteiger partial charge in [0.05, 0.1) is 23.2 Å². The average molecular weight is 559 g/mol. The number of ether oxygens (including phenoxy) is 1. The third-order valence-corrected chi connectivity index (χ3v) is 8.75. The topological polar surface area (TPSA) is 154 Å². The van der Waals surface area contributed by atoms with E-state index in [1.54, 1.807) is 0 Å². The number of nitrogens with one attached hydrogen (secondary N) is 1. The Balaban J connectivity index is 1.37. The number of hydrogen-bond donors (Lipinski definition) is 3. The Labute approximate surface area is 225 Å². The summed E-state index contributed by atoms with van der Waals surface area (Å²) in [6.07, 6.45) is 4.60. The van der Waals surface area contributed by atoms with Crippen LogP contribution >= 0.6 is 11.3 Å². The fraction of sp³-hybridized carbons (Fsp3) is 0.423. The van der Waals surface area contributed by atoms with Gasteiger partial charge in [0.15, 0.2) is 0 Å². The van der Waals surface area contributed by atoms with Gasteiger partial charge in [-0.25, -0.2) is 15.1 Å². The Morgan fingerprint density at radius 1 is 1.32 bits per heavy atom. The molecule has 5 rings (SSSR count). The van der Waals surface area contributed by atoms with Gasteiger partial charge in [0.25, 0.3) is 0 Å². The summed E-state index contributed by atoms with van der Waals surface area (Å²) in [5.41, 5.74) is 1.81. The number of aliphatic hydroxyl groups is 1. The van der Waals surface area contributed by atoms with E-state index in [2.05, 4.69) is 31.6 Å². The second kappa shape index (κ2) is 10.8. The first-order valence-electron chi connectivity index (χ1n) is 12.4. The van der Waals surface area contributed by atoms with Gasteiger partial charge in [0.1, 0.15) is 17.7 Å². The first kappa shape index (κ1) is 26.9. The number of thiophene rings is 1. The highest BCUT2D eigenvalue weighted by Crippen LogP contribution is 2.46. The molecule has 2 aliphatic rings. The highest BCUT2D eigenvalue weighted by molar-refractivity contribution is 7.84. The Bertz CT molecular complexity index is 1410. The van der Waals surface area contributed by atoms with Crippen molar-refractivity contribution in [2.45, 2.75) is 50.4 Å². The van der Waals surface area contributed by atoms with Crippen LogP contribution in [0.4, 0.5) is 5.82 Å². The minimum absolute atomic E-state index is 0.207.